The Bertz CT molecular complexity index is 374. The van der Waals surface area contributed by atoms with E-state index in [2.05, 4.69) is 38.4 Å². The first-order valence-corrected chi connectivity index (χ1v) is 7.94. The summed E-state index contributed by atoms with van der Waals surface area (Å²) in [4.78, 5) is 5.57. The van der Waals surface area contributed by atoms with Crippen molar-refractivity contribution in [2.45, 2.75) is 53.1 Å². The second-order valence-electron chi connectivity index (χ2n) is 7.21. The third kappa shape index (κ3) is 4.92. The molecule has 1 aromatic rings. The van der Waals surface area contributed by atoms with E-state index in [4.69, 9.17) is 4.84 Å². The summed E-state index contributed by atoms with van der Waals surface area (Å²) in [6.45, 7) is 8.76. The van der Waals surface area contributed by atoms with Gasteiger partial charge in [-0.15, -0.1) is 0 Å². The van der Waals surface area contributed by atoms with Crippen molar-refractivity contribution >= 4 is 0 Å². The topological polar surface area (TPSA) is 21.3 Å². The fourth-order valence-electron chi connectivity index (χ4n) is 3.12. The largest absolute Gasteiger partial charge is 0.297 e. The van der Waals surface area contributed by atoms with Crippen LogP contribution in [0.2, 0.25) is 0 Å². The van der Waals surface area contributed by atoms with Crippen molar-refractivity contribution in [3.05, 3.63) is 35.9 Å². The van der Waals surface area contributed by atoms with Crippen LogP contribution in [0.25, 0.3) is 0 Å². The highest BCUT2D eigenvalue weighted by Gasteiger charge is 2.29. The van der Waals surface area contributed by atoms with Gasteiger partial charge in [-0.3, -0.25) is 4.84 Å². The molecule has 0 bridgehead atoms. The van der Waals surface area contributed by atoms with Crippen LogP contribution in [0, 0.1) is 17.3 Å². The van der Waals surface area contributed by atoms with E-state index in [9.17, 15) is 0 Å². The molecule has 112 valence electrons. The number of hydrogen-bond acceptors (Lipinski definition) is 2. The molecule has 1 fully saturated rings. The fraction of sp³-hybridized carbons (Fsp3) is 0.667. The Labute approximate surface area is 123 Å². The Morgan fingerprint density at radius 2 is 1.70 bits per heavy atom. The first kappa shape index (κ1) is 15.5. The summed E-state index contributed by atoms with van der Waals surface area (Å²) in [6.07, 6.45) is 5.41. The Hall–Kier alpha value is -0.860. The van der Waals surface area contributed by atoms with Crippen LogP contribution >= 0.6 is 0 Å². The van der Waals surface area contributed by atoms with Crippen molar-refractivity contribution < 1.29 is 4.84 Å². The van der Waals surface area contributed by atoms with Gasteiger partial charge in [-0.25, -0.2) is 5.48 Å². The molecule has 1 aromatic carbocycles. The van der Waals surface area contributed by atoms with Gasteiger partial charge < -0.3 is 0 Å². The van der Waals surface area contributed by atoms with E-state index in [1.165, 1.54) is 31.2 Å². The summed E-state index contributed by atoms with van der Waals surface area (Å²) in [5, 5.41) is 0. The lowest BCUT2D eigenvalue weighted by atomic mass is 9.70. The number of hydroxylamine groups is 1. The van der Waals surface area contributed by atoms with Crippen LogP contribution in [-0.4, -0.2) is 6.54 Å². The van der Waals surface area contributed by atoms with Crippen molar-refractivity contribution in [1.82, 2.24) is 5.48 Å². The molecule has 0 spiro atoms. The van der Waals surface area contributed by atoms with Crippen LogP contribution < -0.4 is 5.48 Å². The molecule has 0 heterocycles. The molecule has 0 aliphatic heterocycles. The molecule has 0 radical (unpaired) electrons. The molecule has 2 heteroatoms. The van der Waals surface area contributed by atoms with E-state index in [1.54, 1.807) is 0 Å². The highest BCUT2D eigenvalue weighted by molar-refractivity contribution is 5.13. The van der Waals surface area contributed by atoms with Gasteiger partial charge in [0.25, 0.3) is 0 Å². The lowest BCUT2D eigenvalue weighted by molar-refractivity contribution is 0.0124. The van der Waals surface area contributed by atoms with Gasteiger partial charge in [0.15, 0.2) is 0 Å². The van der Waals surface area contributed by atoms with E-state index in [-0.39, 0.29) is 0 Å². The van der Waals surface area contributed by atoms with Crippen molar-refractivity contribution in [3.8, 4) is 0 Å². The molecular formula is C18H29NO. The monoisotopic (exact) mass is 275 g/mol. The van der Waals surface area contributed by atoms with Gasteiger partial charge in [-0.1, -0.05) is 51.1 Å². The maximum atomic E-state index is 5.57. The predicted octanol–water partition coefficient (Wildman–Crippen LogP) is 4.56. The average molecular weight is 275 g/mol. The van der Waals surface area contributed by atoms with Gasteiger partial charge in [0.05, 0.1) is 6.61 Å². The van der Waals surface area contributed by atoms with E-state index in [0.29, 0.717) is 12.0 Å². The molecule has 0 saturated heterocycles. The van der Waals surface area contributed by atoms with Gasteiger partial charge in [-0.2, -0.15) is 0 Å². The summed E-state index contributed by atoms with van der Waals surface area (Å²) >= 11 is 0. The number of nitrogens with one attached hydrogen (secondary N) is 1. The summed E-state index contributed by atoms with van der Waals surface area (Å²) in [6, 6.07) is 10.3. The van der Waals surface area contributed by atoms with E-state index in [1.807, 2.05) is 18.2 Å². The number of benzene rings is 1. The molecule has 1 N–H and O–H groups in total. The van der Waals surface area contributed by atoms with E-state index in [0.717, 1.165) is 18.4 Å². The summed E-state index contributed by atoms with van der Waals surface area (Å²) in [5.74, 6) is 1.67. The van der Waals surface area contributed by atoms with Crippen LogP contribution in [-0.2, 0) is 11.4 Å². The minimum absolute atomic E-state index is 0.474. The first-order chi connectivity index (χ1) is 9.55. The van der Waals surface area contributed by atoms with Crippen LogP contribution in [0.5, 0.6) is 0 Å². The fourth-order valence-corrected chi connectivity index (χ4v) is 3.12. The minimum Gasteiger partial charge on any atom is -0.297 e. The summed E-state index contributed by atoms with van der Waals surface area (Å²) in [7, 11) is 0. The van der Waals surface area contributed by atoms with Crippen LogP contribution in [0.4, 0.5) is 0 Å². The molecule has 2 nitrogen and oxygen atoms in total. The van der Waals surface area contributed by atoms with Crippen LogP contribution in [0.1, 0.15) is 52.0 Å². The zero-order valence-electron chi connectivity index (χ0n) is 13.2. The zero-order chi connectivity index (χ0) is 14.4. The average Bonchev–Trinajstić information content (AvgIpc) is 2.44. The van der Waals surface area contributed by atoms with Crippen LogP contribution in [0.15, 0.2) is 30.3 Å². The van der Waals surface area contributed by atoms with Gasteiger partial charge in [-0.05, 0) is 48.5 Å². The highest BCUT2D eigenvalue weighted by Crippen LogP contribution is 2.39. The third-order valence-corrected chi connectivity index (χ3v) is 4.63. The summed E-state index contributed by atoms with van der Waals surface area (Å²) in [5.41, 5.74) is 4.85. The lowest BCUT2D eigenvalue weighted by Crippen LogP contribution is -2.30. The maximum Gasteiger partial charge on any atom is 0.0933 e. The Morgan fingerprint density at radius 3 is 2.30 bits per heavy atom. The van der Waals surface area contributed by atoms with Crippen molar-refractivity contribution in [2.75, 3.05) is 6.54 Å². The Balaban J connectivity index is 1.60. The zero-order valence-corrected chi connectivity index (χ0v) is 13.2. The van der Waals surface area contributed by atoms with E-state index >= 15 is 0 Å². The van der Waals surface area contributed by atoms with Gasteiger partial charge >= 0.3 is 0 Å². The molecular weight excluding hydrogens is 246 g/mol. The highest BCUT2D eigenvalue weighted by atomic mass is 16.6. The van der Waals surface area contributed by atoms with Crippen molar-refractivity contribution in [2.24, 2.45) is 17.3 Å². The SMILES string of the molecule is CC(C)(C)C1CCC(CNOCc2ccccc2)CC1. The van der Waals surface area contributed by atoms with E-state index < -0.39 is 0 Å². The second kappa shape index (κ2) is 7.24. The normalized spacial score (nSPS) is 23.8. The quantitative estimate of drug-likeness (QED) is 0.628. The van der Waals surface area contributed by atoms with Crippen LogP contribution in [0.3, 0.4) is 0 Å². The van der Waals surface area contributed by atoms with Gasteiger partial charge in [0, 0.05) is 6.54 Å². The van der Waals surface area contributed by atoms with Gasteiger partial charge in [0.1, 0.15) is 0 Å². The molecule has 1 aliphatic rings. The van der Waals surface area contributed by atoms with Crippen molar-refractivity contribution in [3.63, 3.8) is 0 Å². The number of hydrogen-bond donors (Lipinski definition) is 1. The lowest BCUT2D eigenvalue weighted by Gasteiger charge is -2.37. The molecule has 0 amide bonds. The molecule has 0 atom stereocenters. The maximum absolute atomic E-state index is 5.57. The smallest absolute Gasteiger partial charge is 0.0933 e. The third-order valence-electron chi connectivity index (χ3n) is 4.63. The molecule has 1 aliphatic carbocycles. The molecule has 20 heavy (non-hydrogen) atoms. The Morgan fingerprint density at radius 1 is 1.05 bits per heavy atom. The summed E-state index contributed by atoms with van der Waals surface area (Å²) < 4.78 is 0. The Kier molecular flexibility index (Phi) is 5.62. The van der Waals surface area contributed by atoms with Crippen molar-refractivity contribution in [1.29, 1.82) is 0 Å². The molecule has 0 unspecified atom stereocenters. The molecule has 2 rings (SSSR count). The number of rotatable bonds is 5. The van der Waals surface area contributed by atoms with Gasteiger partial charge in [0.2, 0.25) is 0 Å². The molecule has 1 saturated carbocycles. The predicted molar refractivity (Wildman–Crippen MR) is 84.1 cm³/mol. The minimum atomic E-state index is 0.474. The first-order valence-electron chi connectivity index (χ1n) is 7.94. The second-order valence-corrected chi connectivity index (χ2v) is 7.21. The molecule has 0 aromatic heterocycles. The standard InChI is InChI=1S/C18H29NO/c1-18(2,3)17-11-9-15(10-12-17)13-19-20-14-16-7-5-4-6-8-16/h4-8,15,17,19H,9-14H2,1-3H3.